The van der Waals surface area contributed by atoms with Crippen molar-refractivity contribution in [2.75, 3.05) is 5.32 Å². The number of hydrogen-bond donors (Lipinski definition) is 1. The molecule has 1 atom stereocenters. The summed E-state index contributed by atoms with van der Waals surface area (Å²) in [5.74, 6) is 0.798. The third-order valence-corrected chi connectivity index (χ3v) is 3.36. The molecular weight excluding hydrogens is 228 g/mol. The van der Waals surface area contributed by atoms with Crippen LogP contribution in [-0.2, 0) is 0 Å². The fourth-order valence-electron chi connectivity index (χ4n) is 1.44. The lowest BCUT2D eigenvalue weighted by Gasteiger charge is -2.13. The predicted octanol–water partition coefficient (Wildman–Crippen LogP) is 4.42. The van der Waals surface area contributed by atoms with Crippen LogP contribution >= 0.6 is 22.9 Å². The summed E-state index contributed by atoms with van der Waals surface area (Å²) in [5, 5.41) is 6.72. The van der Waals surface area contributed by atoms with E-state index < -0.39 is 0 Å². The molecule has 0 bridgehead atoms. The summed E-state index contributed by atoms with van der Waals surface area (Å²) in [4.78, 5) is 4.17. The van der Waals surface area contributed by atoms with Crippen LogP contribution in [0.2, 0.25) is 5.15 Å². The van der Waals surface area contributed by atoms with Gasteiger partial charge in [-0.15, -0.1) is 11.3 Å². The molecule has 0 aliphatic rings. The summed E-state index contributed by atoms with van der Waals surface area (Å²) in [6.07, 6.45) is 3.75. The molecule has 0 radical (unpaired) electrons. The van der Waals surface area contributed by atoms with Crippen molar-refractivity contribution in [3.05, 3.63) is 10.5 Å². The number of halogens is 1. The number of nitrogens with zero attached hydrogens (tertiary/aromatic N) is 1. The number of nitrogens with one attached hydrogen (secondary N) is 1. The van der Waals surface area contributed by atoms with E-state index in [0.29, 0.717) is 11.2 Å². The molecule has 0 aliphatic heterocycles. The highest BCUT2D eigenvalue weighted by Crippen LogP contribution is 2.20. The number of aromatic nitrogens is 1. The van der Waals surface area contributed by atoms with Crippen molar-refractivity contribution in [2.45, 2.75) is 46.1 Å². The molecule has 1 N–H and O–H groups in total. The molecule has 0 aromatic carbocycles. The van der Waals surface area contributed by atoms with E-state index >= 15 is 0 Å². The highest BCUT2D eigenvalue weighted by atomic mass is 35.5. The maximum Gasteiger partial charge on any atom is 0.184 e. The molecule has 86 valence electrons. The Morgan fingerprint density at radius 3 is 2.67 bits per heavy atom. The Morgan fingerprint density at radius 2 is 2.13 bits per heavy atom. The lowest BCUT2D eigenvalue weighted by atomic mass is 10.0. The fourth-order valence-corrected chi connectivity index (χ4v) is 2.39. The molecule has 1 heterocycles. The summed E-state index contributed by atoms with van der Waals surface area (Å²) >= 11 is 7.31. The zero-order chi connectivity index (χ0) is 11.3. The van der Waals surface area contributed by atoms with E-state index in [1.807, 2.05) is 5.38 Å². The molecule has 0 aliphatic carbocycles. The van der Waals surface area contributed by atoms with E-state index in [1.165, 1.54) is 19.3 Å². The minimum atomic E-state index is 0.478. The summed E-state index contributed by atoms with van der Waals surface area (Å²) < 4.78 is 0. The Morgan fingerprint density at radius 1 is 1.40 bits per heavy atom. The van der Waals surface area contributed by atoms with Crippen molar-refractivity contribution >= 4 is 28.1 Å². The van der Waals surface area contributed by atoms with Gasteiger partial charge in [-0.2, -0.15) is 0 Å². The van der Waals surface area contributed by atoms with Crippen LogP contribution in [0, 0.1) is 5.92 Å². The zero-order valence-corrected chi connectivity index (χ0v) is 11.2. The predicted molar refractivity (Wildman–Crippen MR) is 68.9 cm³/mol. The first kappa shape index (κ1) is 12.8. The number of thiazole rings is 1. The van der Waals surface area contributed by atoms with Crippen molar-refractivity contribution in [3.8, 4) is 0 Å². The molecule has 2 nitrogen and oxygen atoms in total. The average molecular weight is 247 g/mol. The summed E-state index contributed by atoms with van der Waals surface area (Å²) in [5.41, 5.74) is 0. The first-order chi connectivity index (χ1) is 7.08. The largest absolute Gasteiger partial charge is 0.359 e. The topological polar surface area (TPSA) is 24.9 Å². The molecule has 1 aromatic rings. The summed E-state index contributed by atoms with van der Waals surface area (Å²) in [6.45, 7) is 6.72. The van der Waals surface area contributed by atoms with Gasteiger partial charge in [-0.25, -0.2) is 4.98 Å². The third-order valence-electron chi connectivity index (χ3n) is 2.26. The van der Waals surface area contributed by atoms with Gasteiger partial charge in [0, 0.05) is 11.4 Å². The van der Waals surface area contributed by atoms with Gasteiger partial charge < -0.3 is 5.32 Å². The van der Waals surface area contributed by atoms with Crippen molar-refractivity contribution in [1.82, 2.24) is 4.98 Å². The van der Waals surface area contributed by atoms with Gasteiger partial charge in [0.2, 0.25) is 0 Å². The van der Waals surface area contributed by atoms with E-state index in [1.54, 1.807) is 11.3 Å². The second kappa shape index (κ2) is 6.33. The Hall–Kier alpha value is -0.280. The van der Waals surface area contributed by atoms with Crippen LogP contribution in [0.25, 0.3) is 0 Å². The third kappa shape index (κ3) is 5.38. The zero-order valence-electron chi connectivity index (χ0n) is 9.59. The van der Waals surface area contributed by atoms with Gasteiger partial charge in [-0.1, -0.05) is 38.3 Å². The van der Waals surface area contributed by atoms with E-state index in [2.05, 4.69) is 31.1 Å². The molecule has 1 rings (SSSR count). The quantitative estimate of drug-likeness (QED) is 0.804. The SMILES string of the molecule is CC(C)CCCC(C)Nc1nc(Cl)cs1. The van der Waals surface area contributed by atoms with Crippen LogP contribution < -0.4 is 5.32 Å². The Balaban J connectivity index is 2.21. The van der Waals surface area contributed by atoms with E-state index in [4.69, 9.17) is 11.6 Å². The summed E-state index contributed by atoms with van der Waals surface area (Å²) in [6, 6.07) is 0.478. The second-order valence-corrected chi connectivity index (χ2v) is 5.59. The molecular formula is C11H19ClN2S. The minimum absolute atomic E-state index is 0.478. The Labute approximate surface area is 101 Å². The number of anilines is 1. The standard InChI is InChI=1S/C11H19ClN2S/c1-8(2)5-4-6-9(3)13-11-14-10(12)7-15-11/h7-9H,4-6H2,1-3H3,(H,13,14). The number of rotatable bonds is 6. The maximum atomic E-state index is 5.75. The Kier molecular flexibility index (Phi) is 5.40. The van der Waals surface area contributed by atoms with Crippen molar-refractivity contribution in [3.63, 3.8) is 0 Å². The monoisotopic (exact) mass is 246 g/mol. The van der Waals surface area contributed by atoms with E-state index in [0.717, 1.165) is 11.0 Å². The van der Waals surface area contributed by atoms with Crippen molar-refractivity contribution in [1.29, 1.82) is 0 Å². The molecule has 1 unspecified atom stereocenters. The van der Waals surface area contributed by atoms with Gasteiger partial charge in [-0.3, -0.25) is 0 Å². The highest BCUT2D eigenvalue weighted by Gasteiger charge is 2.05. The van der Waals surface area contributed by atoms with Crippen LogP contribution in [0.5, 0.6) is 0 Å². The maximum absolute atomic E-state index is 5.75. The van der Waals surface area contributed by atoms with Crippen LogP contribution in [0.3, 0.4) is 0 Å². The minimum Gasteiger partial charge on any atom is -0.359 e. The smallest absolute Gasteiger partial charge is 0.184 e. The normalized spacial score (nSPS) is 13.1. The first-order valence-corrected chi connectivity index (χ1v) is 6.71. The Bertz CT molecular complexity index is 286. The molecule has 0 saturated carbocycles. The summed E-state index contributed by atoms with van der Waals surface area (Å²) in [7, 11) is 0. The van der Waals surface area contributed by atoms with Gasteiger partial charge in [0.1, 0.15) is 5.15 Å². The van der Waals surface area contributed by atoms with Crippen LogP contribution in [0.4, 0.5) is 5.13 Å². The molecule has 0 saturated heterocycles. The van der Waals surface area contributed by atoms with E-state index in [-0.39, 0.29) is 0 Å². The first-order valence-electron chi connectivity index (χ1n) is 5.45. The average Bonchev–Trinajstić information content (AvgIpc) is 2.50. The van der Waals surface area contributed by atoms with Gasteiger partial charge in [0.05, 0.1) is 0 Å². The van der Waals surface area contributed by atoms with E-state index in [9.17, 15) is 0 Å². The lowest BCUT2D eigenvalue weighted by Crippen LogP contribution is -2.14. The van der Waals surface area contributed by atoms with Crippen molar-refractivity contribution in [2.24, 2.45) is 5.92 Å². The van der Waals surface area contributed by atoms with Gasteiger partial charge in [0.15, 0.2) is 5.13 Å². The molecule has 15 heavy (non-hydrogen) atoms. The van der Waals surface area contributed by atoms with Crippen LogP contribution in [0.15, 0.2) is 5.38 Å². The van der Waals surface area contributed by atoms with Crippen LogP contribution in [0.1, 0.15) is 40.0 Å². The van der Waals surface area contributed by atoms with Crippen LogP contribution in [-0.4, -0.2) is 11.0 Å². The molecule has 1 aromatic heterocycles. The molecule has 4 heteroatoms. The molecule has 0 amide bonds. The van der Waals surface area contributed by atoms with Gasteiger partial charge in [-0.05, 0) is 19.3 Å². The molecule has 0 spiro atoms. The fraction of sp³-hybridized carbons (Fsp3) is 0.727. The van der Waals surface area contributed by atoms with Gasteiger partial charge >= 0.3 is 0 Å². The number of hydrogen-bond acceptors (Lipinski definition) is 3. The lowest BCUT2D eigenvalue weighted by molar-refractivity contribution is 0.520. The highest BCUT2D eigenvalue weighted by molar-refractivity contribution is 7.14. The molecule has 0 fully saturated rings. The van der Waals surface area contributed by atoms with Crippen molar-refractivity contribution < 1.29 is 0 Å². The second-order valence-electron chi connectivity index (χ2n) is 4.35. The van der Waals surface area contributed by atoms with Gasteiger partial charge in [0.25, 0.3) is 0 Å².